The summed E-state index contributed by atoms with van der Waals surface area (Å²) in [6, 6.07) is 15.8. The molecule has 0 aliphatic rings. The number of amides is 2. The highest BCUT2D eigenvalue weighted by Crippen LogP contribution is 2.48. The third kappa shape index (κ3) is 10.3. The lowest BCUT2D eigenvalue weighted by Gasteiger charge is -2.26. The van der Waals surface area contributed by atoms with Crippen LogP contribution in [-0.2, 0) is 0 Å². The minimum atomic E-state index is -0.459. The molecule has 0 spiro atoms. The normalized spacial score (nSPS) is 11.4. The lowest BCUT2D eigenvalue weighted by molar-refractivity contribution is 0.0970. The number of aromatic nitrogens is 7. The van der Waals surface area contributed by atoms with Gasteiger partial charge >= 0.3 is 0 Å². The van der Waals surface area contributed by atoms with Crippen LogP contribution >= 0.6 is 57.7 Å². The van der Waals surface area contributed by atoms with Crippen molar-refractivity contribution in [1.82, 2.24) is 45.8 Å². The molecule has 0 aliphatic carbocycles. The minimum Gasteiger partial charge on any atom is -0.495 e. The molecule has 0 bridgehead atoms. The van der Waals surface area contributed by atoms with Crippen LogP contribution in [0.15, 0.2) is 60.8 Å². The van der Waals surface area contributed by atoms with Gasteiger partial charge in [0.25, 0.3) is 11.8 Å². The van der Waals surface area contributed by atoms with Gasteiger partial charge in [0.2, 0.25) is 0 Å². The van der Waals surface area contributed by atoms with Crippen molar-refractivity contribution in [1.29, 1.82) is 0 Å². The van der Waals surface area contributed by atoms with E-state index >= 15 is 0 Å². The third-order valence-corrected chi connectivity index (χ3v) is 13.6. The van der Waals surface area contributed by atoms with Crippen LogP contribution in [0.25, 0.3) is 44.1 Å². The molecule has 0 saturated heterocycles. The van der Waals surface area contributed by atoms with E-state index in [4.69, 9.17) is 65.4 Å². The van der Waals surface area contributed by atoms with Gasteiger partial charge in [-0.3, -0.25) is 34.7 Å². The molecular formula is C46H47Cl4N13O6S. The zero-order valence-corrected chi connectivity index (χ0v) is 42.4. The smallest absolute Gasteiger partial charge is 0.289 e. The van der Waals surface area contributed by atoms with Crippen LogP contribution in [0.3, 0.4) is 0 Å². The summed E-state index contributed by atoms with van der Waals surface area (Å²) in [6.07, 6.45) is 1.65. The number of nitrogens with zero attached hydrogens (tertiary/aromatic N) is 6. The molecule has 0 saturated carbocycles. The Bertz CT molecular complexity index is 3140. The van der Waals surface area contributed by atoms with E-state index in [9.17, 15) is 9.59 Å². The van der Waals surface area contributed by atoms with E-state index in [1.165, 1.54) is 39.8 Å². The molecule has 24 heteroatoms. The SMILES string of the molecule is CCNCCNc1cnc(C(=O)N(CN(C)CCNc2cc(C(=O)Nc3n[nH]c4cc(-c5c(Cl)c(OC)cc(OC)c5Cl)ccc34)[nH]n2)c2n[nH]c3cc(-c4c(Cl)c(OC)cc(OC)c4Cl)ccc23)s1. The van der Waals surface area contributed by atoms with E-state index in [0.29, 0.717) is 124 Å². The summed E-state index contributed by atoms with van der Waals surface area (Å²) in [7, 11) is 7.92. The van der Waals surface area contributed by atoms with Crippen molar-refractivity contribution in [3.05, 3.63) is 91.6 Å². The number of methoxy groups -OCH3 is 4. The van der Waals surface area contributed by atoms with Crippen molar-refractivity contribution < 1.29 is 28.5 Å². The first-order valence-electron chi connectivity index (χ1n) is 21.6. The Labute approximate surface area is 425 Å². The van der Waals surface area contributed by atoms with Crippen molar-refractivity contribution in [2.75, 3.05) is 95.7 Å². The summed E-state index contributed by atoms with van der Waals surface area (Å²) in [5, 5.41) is 38.4. The molecule has 4 aromatic heterocycles. The summed E-state index contributed by atoms with van der Waals surface area (Å²) < 4.78 is 21.9. The average Bonchev–Trinajstić information content (AvgIpc) is 4.20. The molecular weight excluding hydrogens is 1000 g/mol. The first-order valence-corrected chi connectivity index (χ1v) is 23.9. The summed E-state index contributed by atoms with van der Waals surface area (Å²) in [5.41, 5.74) is 3.85. The monoisotopic (exact) mass is 1050 g/mol. The Kier molecular flexibility index (Phi) is 15.7. The van der Waals surface area contributed by atoms with E-state index in [1.54, 1.807) is 35.4 Å². The number of fused-ring (bicyclic) bond motifs is 2. The van der Waals surface area contributed by atoms with Gasteiger partial charge in [0.15, 0.2) is 16.6 Å². The molecule has 0 atom stereocenters. The number of hydrogen-bond donors (Lipinski definition) is 7. The summed E-state index contributed by atoms with van der Waals surface area (Å²) in [5.74, 6) is 1.94. The highest BCUT2D eigenvalue weighted by atomic mass is 35.5. The first-order chi connectivity index (χ1) is 33.9. The minimum absolute atomic E-state index is 0.136. The maximum atomic E-state index is 14.4. The lowest BCUT2D eigenvalue weighted by Crippen LogP contribution is -2.42. The molecule has 7 N–H and O–H groups in total. The van der Waals surface area contributed by atoms with Crippen LogP contribution in [0.5, 0.6) is 23.0 Å². The fraction of sp³-hybridized carbons (Fsp3) is 0.261. The second-order valence-electron chi connectivity index (χ2n) is 15.5. The van der Waals surface area contributed by atoms with Gasteiger partial charge in [0, 0.05) is 66.3 Å². The summed E-state index contributed by atoms with van der Waals surface area (Å²) in [6.45, 7) is 5.31. The second-order valence-corrected chi connectivity index (χ2v) is 18.1. The topological polar surface area (TPSA) is 225 Å². The molecule has 0 fully saturated rings. The number of carbonyl (C=O) groups is 2. The molecule has 2 amide bonds. The number of benzene rings is 4. The predicted octanol–water partition coefficient (Wildman–Crippen LogP) is 9.52. The zero-order valence-electron chi connectivity index (χ0n) is 38.6. The molecule has 0 unspecified atom stereocenters. The molecule has 8 rings (SSSR count). The Hall–Kier alpha value is -6.52. The number of halogens is 4. The number of rotatable bonds is 21. The first kappa shape index (κ1) is 49.9. The van der Waals surface area contributed by atoms with E-state index < -0.39 is 5.91 Å². The van der Waals surface area contributed by atoms with Crippen LogP contribution in [-0.4, -0.2) is 127 Å². The molecule has 0 radical (unpaired) electrons. The van der Waals surface area contributed by atoms with Gasteiger partial charge in [-0.2, -0.15) is 15.3 Å². The van der Waals surface area contributed by atoms with Gasteiger partial charge in [-0.05, 0) is 49.0 Å². The summed E-state index contributed by atoms with van der Waals surface area (Å²) >= 11 is 28.1. The Morgan fingerprint density at radius 2 is 1.29 bits per heavy atom. The number of aromatic amines is 3. The van der Waals surface area contributed by atoms with Crippen molar-refractivity contribution in [2.24, 2.45) is 0 Å². The quantitative estimate of drug-likeness (QED) is 0.0263. The number of nitrogens with one attached hydrogen (secondary N) is 7. The van der Waals surface area contributed by atoms with E-state index in [-0.39, 0.29) is 23.3 Å². The third-order valence-electron chi connectivity index (χ3n) is 11.1. The van der Waals surface area contributed by atoms with E-state index in [0.717, 1.165) is 18.1 Å². The van der Waals surface area contributed by atoms with Gasteiger partial charge in [0.1, 0.15) is 39.5 Å². The van der Waals surface area contributed by atoms with Crippen LogP contribution in [0, 0.1) is 0 Å². The highest BCUT2D eigenvalue weighted by molar-refractivity contribution is 7.17. The maximum Gasteiger partial charge on any atom is 0.289 e. The molecule has 0 aliphatic heterocycles. The number of hydrogen-bond acceptors (Lipinski definition) is 15. The number of thiazole rings is 1. The van der Waals surface area contributed by atoms with Crippen LogP contribution in [0.4, 0.5) is 22.5 Å². The zero-order chi connectivity index (χ0) is 49.6. The van der Waals surface area contributed by atoms with Crippen molar-refractivity contribution in [3.63, 3.8) is 0 Å². The largest absolute Gasteiger partial charge is 0.495 e. The second kappa shape index (κ2) is 22.1. The average molecular weight is 1050 g/mol. The molecule has 8 aromatic rings. The maximum absolute atomic E-state index is 14.4. The highest BCUT2D eigenvalue weighted by Gasteiger charge is 2.28. The lowest BCUT2D eigenvalue weighted by atomic mass is 10.0. The van der Waals surface area contributed by atoms with Crippen LogP contribution in [0.1, 0.15) is 27.2 Å². The van der Waals surface area contributed by atoms with Gasteiger partial charge < -0.3 is 40.2 Å². The molecule has 70 heavy (non-hydrogen) atoms. The van der Waals surface area contributed by atoms with E-state index in [2.05, 4.69) is 56.8 Å². The van der Waals surface area contributed by atoms with Crippen molar-refractivity contribution in [2.45, 2.75) is 6.92 Å². The van der Waals surface area contributed by atoms with Crippen molar-refractivity contribution >= 4 is 114 Å². The Balaban J connectivity index is 0.954. The van der Waals surface area contributed by atoms with Crippen molar-refractivity contribution in [3.8, 4) is 45.3 Å². The molecule has 4 heterocycles. The summed E-state index contributed by atoms with van der Waals surface area (Å²) in [4.78, 5) is 35.8. The van der Waals surface area contributed by atoms with Crippen LogP contribution in [0.2, 0.25) is 20.1 Å². The number of ether oxygens (including phenoxy) is 4. The number of carbonyl (C=O) groups excluding carboxylic acids is 2. The standard InChI is InChI=1S/C46H47Cl4N13O6S/c1-7-51-12-13-53-35-21-54-45(70-35)46(65)63(43-26-11-9-24(17-28(26)57-61-43)37-40(49)32(68-5)20-33(69-6)41(37)50)22-62(2)15-14-52-34-18-29(58-59-34)44(64)55-42-25-10-8-23(16-27(25)56-60-42)36-38(47)30(66-3)19-31(67-4)39(36)48/h8-11,16-21,51,53H,7,12-15,22H2,1-6H3,(H,57,61)(H2,52,58,59)(H2,55,56,60,64). The van der Waals surface area contributed by atoms with Gasteiger partial charge in [-0.15, -0.1) is 0 Å². The Morgan fingerprint density at radius 1 is 0.700 bits per heavy atom. The predicted molar refractivity (Wildman–Crippen MR) is 278 cm³/mol. The number of anilines is 4. The molecule has 366 valence electrons. The fourth-order valence-electron chi connectivity index (χ4n) is 7.55. The van der Waals surface area contributed by atoms with Gasteiger partial charge in [0.05, 0.1) is 72.4 Å². The fourth-order valence-corrected chi connectivity index (χ4v) is 9.78. The van der Waals surface area contributed by atoms with Gasteiger partial charge in [-0.25, -0.2) is 4.98 Å². The molecule has 19 nitrogen and oxygen atoms in total. The number of likely N-dealkylation sites (N-methyl/N-ethyl adjacent to an activating group) is 2. The van der Waals surface area contributed by atoms with Crippen LogP contribution < -0.4 is 45.1 Å². The van der Waals surface area contributed by atoms with Gasteiger partial charge in [-0.1, -0.05) is 76.8 Å². The number of H-pyrrole nitrogens is 3. The Morgan fingerprint density at radius 3 is 1.89 bits per heavy atom. The van der Waals surface area contributed by atoms with E-state index in [1.807, 2.05) is 49.2 Å². The molecule has 4 aromatic carbocycles.